The zero-order valence-corrected chi connectivity index (χ0v) is 12.5. The Balaban J connectivity index is 2.16. The lowest BCUT2D eigenvalue weighted by Gasteiger charge is -2.36. The van der Waals surface area contributed by atoms with Gasteiger partial charge in [-0.1, -0.05) is 30.7 Å². The van der Waals surface area contributed by atoms with Crippen LogP contribution in [0.2, 0.25) is 5.02 Å². The Hall–Kier alpha value is -1.83. The first-order valence-corrected chi connectivity index (χ1v) is 7.40. The van der Waals surface area contributed by atoms with Gasteiger partial charge in [0.25, 0.3) is 0 Å². The van der Waals surface area contributed by atoms with E-state index in [4.69, 9.17) is 11.6 Å². The molecule has 1 aliphatic rings. The van der Waals surface area contributed by atoms with Gasteiger partial charge >= 0.3 is 0 Å². The first-order valence-electron chi connectivity index (χ1n) is 7.02. The van der Waals surface area contributed by atoms with E-state index in [9.17, 15) is 10.4 Å². The monoisotopic (exact) mass is 301 g/mol. The Kier molecular flexibility index (Phi) is 3.71. The molecule has 1 N–H and O–H groups in total. The highest BCUT2D eigenvalue weighted by atomic mass is 35.5. The molecule has 5 heteroatoms. The summed E-state index contributed by atoms with van der Waals surface area (Å²) in [6, 6.07) is 7.84. The van der Waals surface area contributed by atoms with Gasteiger partial charge in [-0.05, 0) is 18.4 Å². The van der Waals surface area contributed by atoms with E-state index in [1.165, 1.54) is 0 Å². The predicted octanol–water partition coefficient (Wildman–Crippen LogP) is 2.97. The van der Waals surface area contributed by atoms with Crippen LogP contribution in [0, 0.1) is 17.2 Å². The molecule has 0 radical (unpaired) electrons. The third-order valence-electron chi connectivity index (χ3n) is 4.12. The van der Waals surface area contributed by atoms with E-state index in [0.717, 1.165) is 24.2 Å². The lowest BCUT2D eigenvalue weighted by atomic mass is 9.95. The van der Waals surface area contributed by atoms with Gasteiger partial charge in [-0.15, -0.1) is 0 Å². The molecule has 1 aromatic heterocycles. The highest BCUT2D eigenvalue weighted by Gasteiger charge is 2.27. The average molecular weight is 302 g/mol. The zero-order chi connectivity index (χ0) is 15.0. The number of piperidine rings is 1. The summed E-state index contributed by atoms with van der Waals surface area (Å²) in [4.78, 5) is 6.47. The molecule has 0 saturated carbocycles. The van der Waals surface area contributed by atoms with Gasteiger partial charge in [-0.2, -0.15) is 5.26 Å². The molecule has 0 amide bonds. The largest absolute Gasteiger partial charge is 0.393 e. The second-order valence-electron chi connectivity index (χ2n) is 5.55. The maximum absolute atomic E-state index is 9.90. The van der Waals surface area contributed by atoms with Crippen LogP contribution in [0.3, 0.4) is 0 Å². The topological polar surface area (TPSA) is 60.2 Å². The summed E-state index contributed by atoms with van der Waals surface area (Å²) < 4.78 is 0. The molecule has 2 atom stereocenters. The molecular formula is C16H16ClN3O. The van der Waals surface area contributed by atoms with Gasteiger partial charge in [0, 0.05) is 24.7 Å². The lowest BCUT2D eigenvalue weighted by Crippen LogP contribution is -2.42. The molecule has 3 rings (SSSR count). The molecule has 21 heavy (non-hydrogen) atoms. The van der Waals surface area contributed by atoms with Crippen LogP contribution < -0.4 is 4.90 Å². The molecule has 1 saturated heterocycles. The maximum atomic E-state index is 9.90. The highest BCUT2D eigenvalue weighted by molar-refractivity contribution is 6.35. The van der Waals surface area contributed by atoms with E-state index < -0.39 is 0 Å². The molecule has 2 aromatic rings. The van der Waals surface area contributed by atoms with Crippen LogP contribution >= 0.6 is 11.6 Å². The van der Waals surface area contributed by atoms with Crippen molar-refractivity contribution in [3.8, 4) is 6.07 Å². The van der Waals surface area contributed by atoms with Crippen molar-refractivity contribution in [1.82, 2.24) is 4.98 Å². The normalized spacial score (nSPS) is 22.3. The number of nitrogens with zero attached hydrogens (tertiary/aromatic N) is 3. The summed E-state index contributed by atoms with van der Waals surface area (Å²) in [6.07, 6.45) is 2.01. The first kappa shape index (κ1) is 14.1. The number of benzene rings is 1. The number of hydrogen-bond donors (Lipinski definition) is 1. The second kappa shape index (κ2) is 5.51. The van der Waals surface area contributed by atoms with Crippen LogP contribution in [0.25, 0.3) is 10.9 Å². The fraction of sp³-hybridized carbons (Fsp3) is 0.375. The third-order valence-corrected chi connectivity index (χ3v) is 4.42. The second-order valence-corrected chi connectivity index (χ2v) is 5.95. The minimum absolute atomic E-state index is 0.174. The van der Waals surface area contributed by atoms with Crippen molar-refractivity contribution in [3.63, 3.8) is 0 Å². The van der Waals surface area contributed by atoms with Gasteiger partial charge in [-0.3, -0.25) is 4.98 Å². The van der Waals surface area contributed by atoms with Crippen LogP contribution in [0.4, 0.5) is 5.69 Å². The molecule has 0 spiro atoms. The SMILES string of the molecule is CC1CN(c2c(C#N)cnc3c(Cl)cccc23)CCC1O. The van der Waals surface area contributed by atoms with Crippen LogP contribution in [-0.4, -0.2) is 29.3 Å². The number of aliphatic hydroxyl groups excluding tert-OH is 1. The molecule has 108 valence electrons. The van der Waals surface area contributed by atoms with Gasteiger partial charge < -0.3 is 10.0 Å². The van der Waals surface area contributed by atoms with Crippen molar-refractivity contribution in [2.75, 3.05) is 18.0 Å². The van der Waals surface area contributed by atoms with Gasteiger partial charge in [0.1, 0.15) is 6.07 Å². The Morgan fingerprint density at radius 3 is 3.00 bits per heavy atom. The van der Waals surface area contributed by atoms with Crippen molar-refractivity contribution in [3.05, 3.63) is 35.0 Å². The van der Waals surface area contributed by atoms with E-state index in [2.05, 4.69) is 16.0 Å². The lowest BCUT2D eigenvalue weighted by molar-refractivity contribution is 0.0971. The number of nitriles is 1. The van der Waals surface area contributed by atoms with Gasteiger partial charge in [0.05, 0.1) is 27.9 Å². The minimum Gasteiger partial charge on any atom is -0.393 e. The molecule has 0 aliphatic carbocycles. The van der Waals surface area contributed by atoms with E-state index in [-0.39, 0.29) is 12.0 Å². The number of aliphatic hydroxyl groups is 1. The fourth-order valence-electron chi connectivity index (χ4n) is 2.93. The summed E-state index contributed by atoms with van der Waals surface area (Å²) in [7, 11) is 0. The molecule has 1 fully saturated rings. The van der Waals surface area contributed by atoms with Crippen LogP contribution in [0.1, 0.15) is 18.9 Å². The van der Waals surface area contributed by atoms with Crippen molar-refractivity contribution in [1.29, 1.82) is 5.26 Å². The molecule has 1 aliphatic heterocycles. The smallest absolute Gasteiger partial charge is 0.103 e. The van der Waals surface area contributed by atoms with E-state index in [0.29, 0.717) is 22.5 Å². The molecule has 2 heterocycles. The fourth-order valence-corrected chi connectivity index (χ4v) is 3.16. The maximum Gasteiger partial charge on any atom is 0.103 e. The molecule has 4 nitrogen and oxygen atoms in total. The van der Waals surface area contributed by atoms with Crippen molar-refractivity contribution in [2.24, 2.45) is 5.92 Å². The standard InChI is InChI=1S/C16H16ClN3O/c1-10-9-20(6-5-14(10)21)16-11(7-18)8-19-15-12(16)3-2-4-13(15)17/h2-4,8,10,14,21H,5-6,9H2,1H3. The number of aromatic nitrogens is 1. The van der Waals surface area contributed by atoms with Crippen LogP contribution in [0.15, 0.2) is 24.4 Å². The molecular weight excluding hydrogens is 286 g/mol. The Bertz CT molecular complexity index is 725. The van der Waals surface area contributed by atoms with E-state index >= 15 is 0 Å². The Labute approximate surface area is 128 Å². The number of para-hydroxylation sites is 1. The third kappa shape index (κ3) is 2.44. The minimum atomic E-state index is -0.275. The summed E-state index contributed by atoms with van der Waals surface area (Å²) in [5.41, 5.74) is 2.14. The number of pyridine rings is 1. The highest BCUT2D eigenvalue weighted by Crippen LogP contribution is 2.34. The number of halogens is 1. The summed E-state index contributed by atoms with van der Waals surface area (Å²) in [5.74, 6) is 0.174. The first-order chi connectivity index (χ1) is 10.1. The molecule has 0 bridgehead atoms. The molecule has 1 aromatic carbocycles. The van der Waals surface area contributed by atoms with Crippen molar-refractivity contribution < 1.29 is 5.11 Å². The van der Waals surface area contributed by atoms with E-state index in [1.54, 1.807) is 12.3 Å². The van der Waals surface area contributed by atoms with Crippen LogP contribution in [-0.2, 0) is 0 Å². The van der Waals surface area contributed by atoms with Gasteiger partial charge in [0.15, 0.2) is 0 Å². The van der Waals surface area contributed by atoms with Crippen molar-refractivity contribution >= 4 is 28.2 Å². The number of rotatable bonds is 1. The predicted molar refractivity (Wildman–Crippen MR) is 83.5 cm³/mol. The number of hydrogen-bond acceptors (Lipinski definition) is 4. The zero-order valence-electron chi connectivity index (χ0n) is 11.8. The number of anilines is 1. The summed E-state index contributed by atoms with van der Waals surface area (Å²) >= 11 is 6.21. The van der Waals surface area contributed by atoms with Gasteiger partial charge in [-0.25, -0.2) is 0 Å². The quantitative estimate of drug-likeness (QED) is 0.879. The van der Waals surface area contributed by atoms with Crippen LogP contribution in [0.5, 0.6) is 0 Å². The van der Waals surface area contributed by atoms with Gasteiger partial charge in [0.2, 0.25) is 0 Å². The number of fused-ring (bicyclic) bond motifs is 1. The summed E-state index contributed by atoms with van der Waals surface area (Å²) in [5, 5.41) is 20.8. The summed E-state index contributed by atoms with van der Waals surface area (Å²) in [6.45, 7) is 3.48. The molecule has 2 unspecified atom stereocenters. The van der Waals surface area contributed by atoms with Crippen molar-refractivity contribution in [2.45, 2.75) is 19.4 Å². The Morgan fingerprint density at radius 2 is 2.29 bits per heavy atom. The van der Waals surface area contributed by atoms with E-state index in [1.807, 2.05) is 19.1 Å². The average Bonchev–Trinajstić information content (AvgIpc) is 2.49. The Morgan fingerprint density at radius 1 is 1.48 bits per heavy atom.